The van der Waals surface area contributed by atoms with Gasteiger partial charge in [-0.05, 0) is 19.3 Å². The molecule has 1 aromatic rings. The van der Waals surface area contributed by atoms with Crippen LogP contribution >= 0.6 is 11.3 Å². The van der Waals surface area contributed by atoms with Crippen molar-refractivity contribution in [3.05, 3.63) is 16.1 Å². The molecule has 0 bridgehead atoms. The van der Waals surface area contributed by atoms with Crippen LogP contribution in [-0.2, 0) is 16.1 Å². The SMILES string of the molecule is CCC1NC(=O)C(C(C)C)N(Cc2scnc2C)C1=O. The normalized spacial score (nSPS) is 23.4. The smallest absolute Gasteiger partial charge is 0.246 e. The number of thiazole rings is 1. The molecular weight excluding hydrogens is 274 g/mol. The summed E-state index contributed by atoms with van der Waals surface area (Å²) in [6.45, 7) is 8.26. The van der Waals surface area contributed by atoms with Gasteiger partial charge in [-0.3, -0.25) is 9.59 Å². The van der Waals surface area contributed by atoms with E-state index in [1.54, 1.807) is 10.4 Å². The summed E-state index contributed by atoms with van der Waals surface area (Å²) in [4.78, 5) is 31.8. The molecule has 0 saturated carbocycles. The Morgan fingerprint density at radius 2 is 2.15 bits per heavy atom. The fourth-order valence-electron chi connectivity index (χ4n) is 2.55. The number of carbonyl (C=O) groups excluding carboxylic acids is 2. The molecule has 5 nitrogen and oxygen atoms in total. The highest BCUT2D eigenvalue weighted by Crippen LogP contribution is 2.23. The van der Waals surface area contributed by atoms with E-state index in [1.165, 1.54) is 11.3 Å². The minimum Gasteiger partial charge on any atom is -0.343 e. The maximum Gasteiger partial charge on any atom is 0.246 e. The fraction of sp³-hybridized carbons (Fsp3) is 0.643. The average molecular weight is 295 g/mol. The molecule has 1 aliphatic rings. The third kappa shape index (κ3) is 2.70. The van der Waals surface area contributed by atoms with E-state index in [0.29, 0.717) is 13.0 Å². The highest BCUT2D eigenvalue weighted by molar-refractivity contribution is 7.09. The first-order valence-electron chi connectivity index (χ1n) is 6.95. The van der Waals surface area contributed by atoms with Gasteiger partial charge in [0.05, 0.1) is 17.7 Å². The van der Waals surface area contributed by atoms with Crippen molar-refractivity contribution < 1.29 is 9.59 Å². The van der Waals surface area contributed by atoms with E-state index in [9.17, 15) is 9.59 Å². The van der Waals surface area contributed by atoms with E-state index in [4.69, 9.17) is 0 Å². The third-order valence-electron chi connectivity index (χ3n) is 3.70. The van der Waals surface area contributed by atoms with Crippen molar-refractivity contribution in [3.63, 3.8) is 0 Å². The number of hydrogen-bond donors (Lipinski definition) is 1. The first-order valence-corrected chi connectivity index (χ1v) is 7.83. The van der Waals surface area contributed by atoms with E-state index in [-0.39, 0.29) is 17.7 Å². The van der Waals surface area contributed by atoms with Gasteiger partial charge < -0.3 is 10.2 Å². The predicted octanol–water partition coefficient (Wildman–Crippen LogP) is 1.71. The van der Waals surface area contributed by atoms with Crippen molar-refractivity contribution >= 4 is 23.2 Å². The molecular formula is C14H21N3O2S. The van der Waals surface area contributed by atoms with Crippen LogP contribution in [0.15, 0.2) is 5.51 Å². The number of nitrogens with zero attached hydrogens (tertiary/aromatic N) is 2. The van der Waals surface area contributed by atoms with Crippen LogP contribution in [0.1, 0.15) is 37.8 Å². The van der Waals surface area contributed by atoms with Gasteiger partial charge in [0, 0.05) is 4.88 Å². The number of amides is 2. The fourth-order valence-corrected chi connectivity index (χ4v) is 3.32. The molecule has 0 radical (unpaired) electrons. The van der Waals surface area contributed by atoms with Gasteiger partial charge >= 0.3 is 0 Å². The first kappa shape index (κ1) is 15.0. The number of hydrogen-bond acceptors (Lipinski definition) is 4. The van der Waals surface area contributed by atoms with Crippen LogP contribution in [0.5, 0.6) is 0 Å². The molecule has 1 fully saturated rings. The van der Waals surface area contributed by atoms with E-state index in [1.807, 2.05) is 27.7 Å². The Labute approximate surface area is 123 Å². The number of aromatic nitrogens is 1. The lowest BCUT2D eigenvalue weighted by Crippen LogP contribution is -2.64. The Balaban J connectivity index is 2.29. The second kappa shape index (κ2) is 5.91. The Kier molecular flexibility index (Phi) is 4.42. The van der Waals surface area contributed by atoms with E-state index >= 15 is 0 Å². The van der Waals surface area contributed by atoms with Crippen molar-refractivity contribution in [1.82, 2.24) is 15.2 Å². The predicted molar refractivity (Wildman–Crippen MR) is 78.2 cm³/mol. The van der Waals surface area contributed by atoms with E-state index in [2.05, 4.69) is 10.3 Å². The lowest BCUT2D eigenvalue weighted by atomic mass is 9.96. The Bertz CT molecular complexity index is 512. The van der Waals surface area contributed by atoms with Crippen molar-refractivity contribution in [2.45, 2.75) is 52.7 Å². The molecule has 2 unspecified atom stereocenters. The van der Waals surface area contributed by atoms with Crippen molar-refractivity contribution in [2.24, 2.45) is 5.92 Å². The van der Waals surface area contributed by atoms with E-state index in [0.717, 1.165) is 10.6 Å². The molecule has 0 aliphatic carbocycles. The number of nitrogens with one attached hydrogen (secondary N) is 1. The lowest BCUT2D eigenvalue weighted by Gasteiger charge is -2.40. The molecule has 1 N–H and O–H groups in total. The molecule has 110 valence electrons. The molecule has 0 aromatic carbocycles. The summed E-state index contributed by atoms with van der Waals surface area (Å²) in [6, 6.07) is -0.794. The van der Waals surface area contributed by atoms with Gasteiger partial charge in [0.25, 0.3) is 0 Å². The molecule has 0 spiro atoms. The summed E-state index contributed by atoms with van der Waals surface area (Å²) in [7, 11) is 0. The molecule has 1 aromatic heterocycles. The van der Waals surface area contributed by atoms with Crippen LogP contribution in [0, 0.1) is 12.8 Å². The first-order chi connectivity index (χ1) is 9.45. The summed E-state index contributed by atoms with van der Waals surface area (Å²) < 4.78 is 0. The van der Waals surface area contributed by atoms with Crippen LogP contribution in [-0.4, -0.2) is 33.8 Å². The Morgan fingerprint density at radius 3 is 2.65 bits per heavy atom. The second-order valence-electron chi connectivity index (χ2n) is 5.49. The van der Waals surface area contributed by atoms with Gasteiger partial charge in [-0.15, -0.1) is 11.3 Å². The zero-order valence-electron chi connectivity index (χ0n) is 12.3. The lowest BCUT2D eigenvalue weighted by molar-refractivity contribution is -0.152. The molecule has 2 heterocycles. The standard InChI is InChI=1S/C14H21N3O2S/c1-5-10-14(19)17(6-11-9(4)15-7-20-11)12(8(2)3)13(18)16-10/h7-8,10,12H,5-6H2,1-4H3,(H,16,18). The minimum absolute atomic E-state index is 0.0126. The molecule has 6 heteroatoms. The van der Waals surface area contributed by atoms with Crippen molar-refractivity contribution in [1.29, 1.82) is 0 Å². The number of rotatable bonds is 4. The zero-order chi connectivity index (χ0) is 14.9. The maximum absolute atomic E-state index is 12.5. The summed E-state index contributed by atoms with van der Waals surface area (Å²) in [5, 5.41) is 2.83. The van der Waals surface area contributed by atoms with E-state index < -0.39 is 12.1 Å². The van der Waals surface area contributed by atoms with Crippen LogP contribution in [0.4, 0.5) is 0 Å². The monoisotopic (exact) mass is 295 g/mol. The number of aryl methyl sites for hydroxylation is 1. The summed E-state index contributed by atoms with van der Waals surface area (Å²) in [5.41, 5.74) is 2.71. The minimum atomic E-state index is -0.397. The highest BCUT2D eigenvalue weighted by atomic mass is 32.1. The molecule has 20 heavy (non-hydrogen) atoms. The average Bonchev–Trinajstić information content (AvgIpc) is 2.78. The molecule has 1 aliphatic heterocycles. The van der Waals surface area contributed by atoms with Crippen LogP contribution in [0.3, 0.4) is 0 Å². The maximum atomic E-state index is 12.5. The topological polar surface area (TPSA) is 62.3 Å². The van der Waals surface area contributed by atoms with Crippen LogP contribution < -0.4 is 5.32 Å². The summed E-state index contributed by atoms with van der Waals surface area (Å²) in [5.74, 6) is 0.0530. The molecule has 2 rings (SSSR count). The molecule has 2 amide bonds. The van der Waals surface area contributed by atoms with Crippen LogP contribution in [0.2, 0.25) is 0 Å². The Morgan fingerprint density at radius 1 is 1.45 bits per heavy atom. The van der Waals surface area contributed by atoms with Gasteiger partial charge in [-0.2, -0.15) is 0 Å². The van der Waals surface area contributed by atoms with Gasteiger partial charge in [0.2, 0.25) is 11.8 Å². The molecule has 1 saturated heterocycles. The number of carbonyl (C=O) groups is 2. The second-order valence-corrected chi connectivity index (χ2v) is 6.42. The van der Waals surface area contributed by atoms with Gasteiger partial charge in [0.15, 0.2) is 0 Å². The van der Waals surface area contributed by atoms with Gasteiger partial charge in [0.1, 0.15) is 12.1 Å². The quantitative estimate of drug-likeness (QED) is 0.920. The van der Waals surface area contributed by atoms with Crippen molar-refractivity contribution in [2.75, 3.05) is 0 Å². The van der Waals surface area contributed by atoms with Gasteiger partial charge in [-0.1, -0.05) is 20.8 Å². The summed E-state index contributed by atoms with van der Waals surface area (Å²) >= 11 is 1.53. The number of piperazine rings is 1. The molecule has 2 atom stereocenters. The summed E-state index contributed by atoms with van der Waals surface area (Å²) in [6.07, 6.45) is 0.619. The largest absolute Gasteiger partial charge is 0.343 e. The van der Waals surface area contributed by atoms with Crippen LogP contribution in [0.25, 0.3) is 0 Å². The third-order valence-corrected chi connectivity index (χ3v) is 4.62. The zero-order valence-corrected chi connectivity index (χ0v) is 13.2. The Hall–Kier alpha value is -1.43. The van der Waals surface area contributed by atoms with Crippen molar-refractivity contribution in [3.8, 4) is 0 Å². The highest BCUT2D eigenvalue weighted by Gasteiger charge is 2.41. The van der Waals surface area contributed by atoms with Gasteiger partial charge in [-0.25, -0.2) is 4.98 Å².